The lowest BCUT2D eigenvalue weighted by atomic mass is 9.69. The maximum absolute atomic E-state index is 6.18. The van der Waals surface area contributed by atoms with Crippen molar-refractivity contribution in [3.05, 3.63) is 58.0 Å². The molecule has 1 aromatic rings. The van der Waals surface area contributed by atoms with Gasteiger partial charge in [0.1, 0.15) is 0 Å². The van der Waals surface area contributed by atoms with Crippen LogP contribution in [0.4, 0.5) is 0 Å². The van der Waals surface area contributed by atoms with E-state index in [-0.39, 0.29) is 10.8 Å². The lowest BCUT2D eigenvalue weighted by molar-refractivity contribution is 0.112. The molecule has 0 aromatic heterocycles. The Morgan fingerprint density at radius 2 is 1.48 bits per heavy atom. The molecule has 1 nitrogen and oxygen atoms in total. The van der Waals surface area contributed by atoms with E-state index >= 15 is 0 Å². The molecule has 1 aliphatic heterocycles. The summed E-state index contributed by atoms with van der Waals surface area (Å²) >= 11 is 0. The summed E-state index contributed by atoms with van der Waals surface area (Å²) < 4.78 is 6.18. The fraction of sp³-hybridized carbons (Fsp3) is 0.538. The van der Waals surface area contributed by atoms with E-state index in [2.05, 4.69) is 90.1 Å². The van der Waals surface area contributed by atoms with E-state index in [0.717, 1.165) is 13.2 Å². The van der Waals surface area contributed by atoms with Crippen molar-refractivity contribution in [1.29, 1.82) is 0 Å². The third-order valence-electron chi connectivity index (χ3n) is 6.53. The zero-order valence-corrected chi connectivity index (χ0v) is 17.8. The van der Waals surface area contributed by atoms with Crippen molar-refractivity contribution in [3.63, 3.8) is 0 Å². The van der Waals surface area contributed by atoms with Gasteiger partial charge in [0.2, 0.25) is 0 Å². The molecule has 4 atom stereocenters. The van der Waals surface area contributed by atoms with Gasteiger partial charge in [0.25, 0.3) is 0 Å². The summed E-state index contributed by atoms with van der Waals surface area (Å²) in [4.78, 5) is 0. The molecule has 144 valence electrons. The molecule has 1 heteroatoms. The van der Waals surface area contributed by atoms with Crippen molar-refractivity contribution < 1.29 is 4.74 Å². The van der Waals surface area contributed by atoms with Crippen molar-refractivity contribution in [2.24, 2.45) is 29.1 Å². The number of hydrogen-bond acceptors (Lipinski definition) is 1. The first kappa shape index (κ1) is 18.7. The third-order valence-corrected chi connectivity index (χ3v) is 6.53. The van der Waals surface area contributed by atoms with E-state index in [1.165, 1.54) is 21.6 Å². The van der Waals surface area contributed by atoms with Gasteiger partial charge in [0, 0.05) is 11.8 Å². The van der Waals surface area contributed by atoms with Crippen molar-refractivity contribution in [1.82, 2.24) is 0 Å². The molecular formula is C26H34O. The normalized spacial score (nSPS) is 30.1. The van der Waals surface area contributed by atoms with Gasteiger partial charge in [0.05, 0.1) is 13.2 Å². The van der Waals surface area contributed by atoms with E-state index in [1.54, 1.807) is 0 Å². The van der Waals surface area contributed by atoms with Crippen molar-refractivity contribution in [3.8, 4) is 0 Å². The summed E-state index contributed by atoms with van der Waals surface area (Å²) in [7, 11) is 0. The Labute approximate surface area is 164 Å². The molecular weight excluding hydrogens is 328 g/mol. The average Bonchev–Trinajstić information content (AvgIpc) is 2.76. The smallest absolute Gasteiger partial charge is 0.0535 e. The molecule has 0 spiro atoms. The summed E-state index contributed by atoms with van der Waals surface area (Å²) in [5.74, 6) is 2.02. The molecule has 4 rings (SSSR count). The van der Waals surface area contributed by atoms with Crippen LogP contribution in [0.5, 0.6) is 0 Å². The van der Waals surface area contributed by atoms with Crippen LogP contribution in [0, 0.1) is 29.1 Å². The van der Waals surface area contributed by atoms with Crippen molar-refractivity contribution >= 4 is 12.2 Å². The van der Waals surface area contributed by atoms with E-state index in [4.69, 9.17) is 4.74 Å². The Balaban J connectivity index is 1.73. The van der Waals surface area contributed by atoms with Crippen LogP contribution in [0.25, 0.3) is 12.2 Å². The average molecular weight is 363 g/mol. The zero-order chi connectivity index (χ0) is 19.4. The minimum absolute atomic E-state index is 0.186. The molecule has 1 fully saturated rings. The fourth-order valence-corrected chi connectivity index (χ4v) is 4.73. The topological polar surface area (TPSA) is 9.23 Å². The summed E-state index contributed by atoms with van der Waals surface area (Å²) in [5, 5.41) is 2.78. The first-order valence-electron chi connectivity index (χ1n) is 10.5. The third kappa shape index (κ3) is 3.59. The lowest BCUT2D eigenvalue weighted by Crippen LogP contribution is -2.38. The lowest BCUT2D eigenvalue weighted by Gasteiger charge is -2.34. The predicted octanol–water partition coefficient (Wildman–Crippen LogP) is 4.60. The first-order chi connectivity index (χ1) is 12.6. The maximum Gasteiger partial charge on any atom is 0.0535 e. The highest BCUT2D eigenvalue weighted by molar-refractivity contribution is 5.47. The largest absolute Gasteiger partial charge is 0.380 e. The molecule has 0 amide bonds. The number of allylic oxidation sites excluding steroid dienone is 3. The molecule has 27 heavy (non-hydrogen) atoms. The van der Waals surface area contributed by atoms with Gasteiger partial charge in [-0.3, -0.25) is 0 Å². The monoisotopic (exact) mass is 362 g/mol. The van der Waals surface area contributed by atoms with Gasteiger partial charge in [-0.05, 0) is 44.2 Å². The molecule has 3 aliphatic rings. The molecule has 0 saturated carbocycles. The van der Waals surface area contributed by atoms with Crippen LogP contribution in [-0.2, 0) is 10.2 Å². The van der Waals surface area contributed by atoms with E-state index in [1.807, 2.05) is 0 Å². The Kier molecular flexibility index (Phi) is 4.50. The Morgan fingerprint density at radius 1 is 0.778 bits per heavy atom. The molecule has 2 aliphatic carbocycles. The number of ether oxygens (including phenoxy) is 1. The molecule has 1 heterocycles. The molecule has 0 radical (unpaired) electrons. The van der Waals surface area contributed by atoms with Crippen molar-refractivity contribution in [2.75, 3.05) is 13.2 Å². The van der Waals surface area contributed by atoms with Gasteiger partial charge in [-0.25, -0.2) is 0 Å². The maximum atomic E-state index is 6.18. The Hall–Kier alpha value is -1.60. The van der Waals surface area contributed by atoms with Gasteiger partial charge in [-0.1, -0.05) is 90.1 Å². The highest BCUT2D eigenvalue weighted by Gasteiger charge is 2.37. The molecule has 4 unspecified atom stereocenters. The number of benzene rings is 1. The molecule has 0 N–H and O–H groups in total. The summed E-state index contributed by atoms with van der Waals surface area (Å²) in [5.41, 5.74) is 3.24. The number of hydrogen-bond donors (Lipinski definition) is 0. The summed E-state index contributed by atoms with van der Waals surface area (Å²) in [6.07, 6.45) is 12.3. The van der Waals surface area contributed by atoms with Crippen LogP contribution >= 0.6 is 0 Å². The number of rotatable bonds is 0. The highest BCUT2D eigenvalue weighted by atomic mass is 16.5. The van der Waals surface area contributed by atoms with Gasteiger partial charge in [0.15, 0.2) is 0 Å². The van der Waals surface area contributed by atoms with Crippen LogP contribution < -0.4 is 10.4 Å². The van der Waals surface area contributed by atoms with Crippen LogP contribution in [0.15, 0.2) is 42.0 Å². The first-order valence-corrected chi connectivity index (χ1v) is 10.5. The molecule has 1 aromatic carbocycles. The van der Waals surface area contributed by atoms with Gasteiger partial charge >= 0.3 is 0 Å². The Bertz CT molecular complexity index is 901. The van der Waals surface area contributed by atoms with E-state index in [9.17, 15) is 0 Å². The quantitative estimate of drug-likeness (QED) is 0.655. The van der Waals surface area contributed by atoms with Crippen LogP contribution in [0.1, 0.15) is 47.1 Å². The standard InChI is InChI=1S/C26H34O/c1-25(2,3)21-8-7-17-14-24-19(11-18(17)12-21)15-27-16-20-13-22(26(4,5)6)9-10-23(20)24/h7-14,19-20,23-24H,15-16H2,1-6H3. The van der Waals surface area contributed by atoms with Gasteiger partial charge < -0.3 is 4.74 Å². The minimum atomic E-state index is 0.186. The SMILES string of the molecule is CC(C)(C)C1=CC2COCC3C=c4cc(C(C)(C)C)ccc4=CC3C2C=C1. The minimum Gasteiger partial charge on any atom is -0.380 e. The highest BCUT2D eigenvalue weighted by Crippen LogP contribution is 2.41. The number of fused-ring (bicyclic) bond motifs is 4. The Morgan fingerprint density at radius 3 is 2.15 bits per heavy atom. The summed E-state index contributed by atoms with van der Waals surface area (Å²) in [6, 6.07) is 7.02. The van der Waals surface area contributed by atoms with Crippen molar-refractivity contribution in [2.45, 2.75) is 47.0 Å². The summed E-state index contributed by atoms with van der Waals surface area (Å²) in [6.45, 7) is 15.4. The second-order valence-electron chi connectivity index (χ2n) is 10.7. The predicted molar refractivity (Wildman–Crippen MR) is 115 cm³/mol. The molecule has 1 saturated heterocycles. The second kappa shape index (κ2) is 6.48. The van der Waals surface area contributed by atoms with Gasteiger partial charge in [-0.2, -0.15) is 0 Å². The second-order valence-corrected chi connectivity index (χ2v) is 10.7. The van der Waals surface area contributed by atoms with Crippen LogP contribution in [0.3, 0.4) is 0 Å². The van der Waals surface area contributed by atoms with Gasteiger partial charge in [-0.15, -0.1) is 0 Å². The van der Waals surface area contributed by atoms with E-state index < -0.39 is 0 Å². The van der Waals surface area contributed by atoms with Crippen LogP contribution in [-0.4, -0.2) is 13.2 Å². The molecule has 0 bridgehead atoms. The zero-order valence-electron chi connectivity index (χ0n) is 17.8. The van der Waals surface area contributed by atoms with E-state index in [0.29, 0.717) is 23.7 Å². The van der Waals surface area contributed by atoms with Crippen LogP contribution in [0.2, 0.25) is 0 Å². The fourth-order valence-electron chi connectivity index (χ4n) is 4.73.